The topological polar surface area (TPSA) is 67.2 Å². The van der Waals surface area contributed by atoms with E-state index in [9.17, 15) is 22.8 Å². The molecule has 0 radical (unpaired) electrons. The van der Waals surface area contributed by atoms with Crippen LogP contribution in [0.2, 0.25) is 0 Å². The fourth-order valence-corrected chi connectivity index (χ4v) is 4.62. The second-order valence-electron chi connectivity index (χ2n) is 8.82. The van der Waals surface area contributed by atoms with Crippen molar-refractivity contribution in [2.45, 2.75) is 44.9 Å². The Balaban J connectivity index is 1.64. The van der Waals surface area contributed by atoms with Gasteiger partial charge < -0.3 is 5.32 Å². The molecule has 2 heterocycles. The lowest BCUT2D eigenvalue weighted by Crippen LogP contribution is -2.45. The molecule has 6 nitrogen and oxygen atoms in total. The van der Waals surface area contributed by atoms with Gasteiger partial charge in [0.05, 0.1) is 17.3 Å². The van der Waals surface area contributed by atoms with Crippen LogP contribution in [0.25, 0.3) is 5.69 Å². The van der Waals surface area contributed by atoms with Gasteiger partial charge >= 0.3 is 6.18 Å². The minimum absolute atomic E-state index is 0.0845. The van der Waals surface area contributed by atoms with Crippen molar-refractivity contribution in [3.05, 3.63) is 93.4 Å². The quantitative estimate of drug-likeness (QED) is 0.559. The number of amides is 1. The van der Waals surface area contributed by atoms with Crippen molar-refractivity contribution in [3.63, 3.8) is 0 Å². The van der Waals surface area contributed by atoms with Gasteiger partial charge in [-0.15, -0.1) is 0 Å². The number of aromatic nitrogens is 2. The summed E-state index contributed by atoms with van der Waals surface area (Å²) >= 11 is 0. The summed E-state index contributed by atoms with van der Waals surface area (Å²) in [5.74, 6) is -0.664. The third-order valence-electron chi connectivity index (χ3n) is 6.25. The third kappa shape index (κ3) is 5.45. The molecule has 0 spiro atoms. The Morgan fingerprint density at radius 1 is 1.03 bits per heavy atom. The number of rotatable bonds is 6. The first-order valence-corrected chi connectivity index (χ1v) is 11.5. The normalized spacial score (nSPS) is 16.1. The van der Waals surface area contributed by atoms with Gasteiger partial charge in [0.15, 0.2) is 5.69 Å². The number of nitrogens with one attached hydrogen (secondary N) is 1. The fourth-order valence-electron chi connectivity index (χ4n) is 4.62. The van der Waals surface area contributed by atoms with Gasteiger partial charge in [0, 0.05) is 17.8 Å². The minimum Gasteiger partial charge on any atom is -0.346 e. The maximum atomic E-state index is 13.2. The van der Waals surface area contributed by atoms with Crippen LogP contribution in [-0.2, 0) is 6.18 Å². The number of benzene rings is 2. The maximum absolute atomic E-state index is 13.2. The SMILES string of the molecule is Cc1cc(=O)c(C(=O)N[C@@H](C)[C@H](c2ccccc2)N2CCCC2)nn1-c1cccc(C(F)(F)F)c1. The average molecular weight is 485 g/mol. The first-order valence-electron chi connectivity index (χ1n) is 11.5. The van der Waals surface area contributed by atoms with E-state index in [0.717, 1.165) is 43.6 Å². The minimum atomic E-state index is -4.53. The zero-order valence-corrected chi connectivity index (χ0v) is 19.5. The second-order valence-corrected chi connectivity index (χ2v) is 8.82. The molecule has 1 aliphatic heterocycles. The molecule has 0 aliphatic carbocycles. The molecule has 1 aromatic heterocycles. The van der Waals surface area contributed by atoms with Crippen LogP contribution in [0.15, 0.2) is 65.5 Å². The largest absolute Gasteiger partial charge is 0.416 e. The van der Waals surface area contributed by atoms with Crippen molar-refractivity contribution in [2.24, 2.45) is 0 Å². The molecular formula is C26H27F3N4O2. The zero-order valence-electron chi connectivity index (χ0n) is 19.5. The summed E-state index contributed by atoms with van der Waals surface area (Å²) in [4.78, 5) is 28.1. The third-order valence-corrected chi connectivity index (χ3v) is 6.25. The molecule has 2 aromatic carbocycles. The molecule has 1 aliphatic rings. The lowest BCUT2D eigenvalue weighted by atomic mass is 9.98. The Morgan fingerprint density at radius 2 is 1.71 bits per heavy atom. The molecule has 0 saturated carbocycles. The average Bonchev–Trinajstić information content (AvgIpc) is 3.33. The van der Waals surface area contributed by atoms with Crippen molar-refractivity contribution in [1.29, 1.82) is 0 Å². The van der Waals surface area contributed by atoms with Crippen LogP contribution in [-0.4, -0.2) is 39.7 Å². The Morgan fingerprint density at radius 3 is 2.37 bits per heavy atom. The van der Waals surface area contributed by atoms with E-state index in [1.54, 1.807) is 6.92 Å². The van der Waals surface area contributed by atoms with Crippen LogP contribution in [0.1, 0.15) is 53.1 Å². The first kappa shape index (κ1) is 24.7. The lowest BCUT2D eigenvalue weighted by Gasteiger charge is -2.33. The van der Waals surface area contributed by atoms with Crippen LogP contribution in [0, 0.1) is 6.92 Å². The number of hydrogen-bond acceptors (Lipinski definition) is 4. The summed E-state index contributed by atoms with van der Waals surface area (Å²) in [6, 6.07) is 15.2. The predicted molar refractivity (Wildman–Crippen MR) is 126 cm³/mol. The van der Waals surface area contributed by atoms with Crippen molar-refractivity contribution in [3.8, 4) is 5.69 Å². The summed E-state index contributed by atoms with van der Waals surface area (Å²) in [7, 11) is 0. The van der Waals surface area contributed by atoms with Crippen LogP contribution in [0.4, 0.5) is 13.2 Å². The Hall–Kier alpha value is -3.46. The number of carbonyl (C=O) groups is 1. The highest BCUT2D eigenvalue weighted by atomic mass is 19.4. The molecule has 1 N–H and O–H groups in total. The Labute approximate surface area is 201 Å². The molecule has 9 heteroatoms. The smallest absolute Gasteiger partial charge is 0.346 e. The van der Waals surface area contributed by atoms with Crippen LogP contribution >= 0.6 is 0 Å². The van der Waals surface area contributed by atoms with Gasteiger partial charge in [-0.25, -0.2) is 4.68 Å². The molecule has 1 saturated heterocycles. The maximum Gasteiger partial charge on any atom is 0.416 e. The molecule has 2 atom stereocenters. The van der Waals surface area contributed by atoms with Gasteiger partial charge in [-0.05, 0) is 63.5 Å². The van der Waals surface area contributed by atoms with Crippen molar-refractivity contribution >= 4 is 5.91 Å². The van der Waals surface area contributed by atoms with Gasteiger partial charge in [0.25, 0.3) is 5.91 Å². The number of aryl methyl sites for hydroxylation is 1. The van der Waals surface area contributed by atoms with Gasteiger partial charge in [-0.3, -0.25) is 14.5 Å². The van der Waals surface area contributed by atoms with Crippen LogP contribution < -0.4 is 10.7 Å². The van der Waals surface area contributed by atoms with Crippen LogP contribution in [0.5, 0.6) is 0 Å². The second kappa shape index (κ2) is 10.0. The van der Waals surface area contributed by atoms with Crippen molar-refractivity contribution < 1.29 is 18.0 Å². The van der Waals surface area contributed by atoms with Crippen LogP contribution in [0.3, 0.4) is 0 Å². The Kier molecular flexibility index (Phi) is 7.07. The summed E-state index contributed by atoms with van der Waals surface area (Å²) in [5.41, 5.74) is -0.316. The van der Waals surface area contributed by atoms with Gasteiger partial charge in [-0.2, -0.15) is 18.3 Å². The number of halogens is 3. The molecule has 0 bridgehead atoms. The molecule has 35 heavy (non-hydrogen) atoms. The highest BCUT2D eigenvalue weighted by Gasteiger charge is 2.32. The van der Waals surface area contributed by atoms with E-state index in [-0.39, 0.29) is 23.5 Å². The monoisotopic (exact) mass is 484 g/mol. The van der Waals surface area contributed by atoms with E-state index in [1.165, 1.54) is 22.9 Å². The van der Waals surface area contributed by atoms with E-state index >= 15 is 0 Å². The standard InChI is InChI=1S/C26H27F3N4O2/c1-17-15-22(34)23(31-33(17)21-12-8-11-20(16-21)26(27,28)29)25(35)30-18(2)24(32-13-6-7-14-32)19-9-4-3-5-10-19/h3-5,8-12,15-16,18,24H,6-7,13-14H2,1-2H3,(H,30,35)/t18-,24+/m0/s1. The summed E-state index contributed by atoms with van der Waals surface area (Å²) < 4.78 is 40.8. The lowest BCUT2D eigenvalue weighted by molar-refractivity contribution is -0.137. The number of hydrogen-bond donors (Lipinski definition) is 1. The van der Waals surface area contributed by atoms with E-state index in [2.05, 4.69) is 15.3 Å². The van der Waals surface area contributed by atoms with Crippen molar-refractivity contribution in [1.82, 2.24) is 20.0 Å². The molecule has 1 fully saturated rings. The molecular weight excluding hydrogens is 457 g/mol. The number of carbonyl (C=O) groups excluding carboxylic acids is 1. The van der Waals surface area contributed by atoms with Gasteiger partial charge in [0.1, 0.15) is 0 Å². The predicted octanol–water partition coefficient (Wildman–Crippen LogP) is 4.52. The first-order chi connectivity index (χ1) is 16.6. The Bertz CT molecular complexity index is 1250. The van der Waals surface area contributed by atoms with Gasteiger partial charge in [0.2, 0.25) is 5.43 Å². The molecule has 0 unspecified atom stereocenters. The fraction of sp³-hybridized carbons (Fsp3) is 0.346. The molecule has 4 rings (SSSR count). The van der Waals surface area contributed by atoms with Gasteiger partial charge in [-0.1, -0.05) is 36.4 Å². The highest BCUT2D eigenvalue weighted by molar-refractivity contribution is 5.92. The summed E-state index contributed by atoms with van der Waals surface area (Å²) in [6.45, 7) is 5.25. The molecule has 184 valence electrons. The van der Waals surface area contributed by atoms with E-state index < -0.39 is 23.1 Å². The summed E-state index contributed by atoms with van der Waals surface area (Å²) in [6.07, 6.45) is -2.38. The van der Waals surface area contributed by atoms with Crippen molar-refractivity contribution in [2.75, 3.05) is 13.1 Å². The number of nitrogens with zero attached hydrogens (tertiary/aromatic N) is 3. The highest BCUT2D eigenvalue weighted by Crippen LogP contribution is 2.30. The number of likely N-dealkylation sites (tertiary alicyclic amines) is 1. The van der Waals surface area contributed by atoms with E-state index in [4.69, 9.17) is 0 Å². The zero-order chi connectivity index (χ0) is 25.2. The van der Waals surface area contributed by atoms with E-state index in [0.29, 0.717) is 5.69 Å². The molecule has 3 aromatic rings. The number of alkyl halides is 3. The van der Waals surface area contributed by atoms with E-state index in [1.807, 2.05) is 37.3 Å². The summed E-state index contributed by atoms with van der Waals surface area (Å²) in [5, 5.41) is 7.07. The molecule has 1 amide bonds.